The average Bonchev–Trinajstić information content (AvgIpc) is 3.73. The fourth-order valence-corrected chi connectivity index (χ4v) is 6.95. The summed E-state index contributed by atoms with van der Waals surface area (Å²) < 4.78 is 6.94. The maximum absolute atomic E-state index is 12.9. The summed E-state index contributed by atoms with van der Waals surface area (Å²) in [6.07, 6.45) is 6.07. The van der Waals surface area contributed by atoms with Crippen molar-refractivity contribution in [1.29, 1.82) is 0 Å². The van der Waals surface area contributed by atoms with E-state index < -0.39 is 11.7 Å². The van der Waals surface area contributed by atoms with Crippen LogP contribution in [0.15, 0.2) is 62.4 Å². The number of thiophene rings is 2. The molecule has 1 fully saturated rings. The SMILES string of the molecule is CN(CCCCn1c(=O)oc2cc(C=O)ccc21)C1CCC(OOC(=O)C(c2cccs2)c2cccs2)CC1. The van der Waals surface area contributed by atoms with Crippen LogP contribution in [0, 0.1) is 0 Å². The molecule has 4 aromatic rings. The number of nitrogens with zero attached hydrogens (tertiary/aromatic N) is 2. The van der Waals surface area contributed by atoms with Gasteiger partial charge in [-0.25, -0.2) is 9.59 Å². The van der Waals surface area contributed by atoms with Gasteiger partial charge in [-0.1, -0.05) is 12.1 Å². The van der Waals surface area contributed by atoms with E-state index in [1.165, 1.54) is 0 Å². The number of unbranched alkanes of at least 4 members (excludes halogenated alkanes) is 1. The fourth-order valence-electron chi connectivity index (χ4n) is 5.21. The first-order valence-electron chi connectivity index (χ1n) is 13.3. The summed E-state index contributed by atoms with van der Waals surface area (Å²) in [5.41, 5.74) is 1.65. The van der Waals surface area contributed by atoms with Crippen LogP contribution in [0.2, 0.25) is 0 Å². The van der Waals surface area contributed by atoms with E-state index in [9.17, 15) is 14.4 Å². The summed E-state index contributed by atoms with van der Waals surface area (Å²) in [5.74, 6) is -1.21. The minimum Gasteiger partial charge on any atom is -0.408 e. The molecular formula is C29H32N2O6S2. The van der Waals surface area contributed by atoms with Gasteiger partial charge in [0.2, 0.25) is 0 Å². The van der Waals surface area contributed by atoms with E-state index in [0.717, 1.165) is 66.6 Å². The lowest BCUT2D eigenvalue weighted by atomic mass is 9.92. The number of aldehydes is 1. The van der Waals surface area contributed by atoms with Gasteiger partial charge < -0.3 is 9.32 Å². The zero-order valence-corrected chi connectivity index (χ0v) is 23.5. The highest BCUT2D eigenvalue weighted by atomic mass is 32.1. The zero-order valence-electron chi connectivity index (χ0n) is 21.8. The smallest absolute Gasteiger partial charge is 0.408 e. The molecule has 0 atom stereocenters. The minimum atomic E-state index is -0.447. The van der Waals surface area contributed by atoms with Crippen LogP contribution in [0.1, 0.15) is 64.6 Å². The summed E-state index contributed by atoms with van der Waals surface area (Å²) in [7, 11) is 2.14. The number of carbonyl (C=O) groups is 2. The number of rotatable bonds is 12. The highest BCUT2D eigenvalue weighted by Crippen LogP contribution is 2.33. The number of aryl methyl sites for hydroxylation is 1. The molecule has 0 N–H and O–H groups in total. The van der Waals surface area contributed by atoms with Gasteiger partial charge in [0, 0.05) is 27.9 Å². The van der Waals surface area contributed by atoms with Crippen molar-refractivity contribution in [2.24, 2.45) is 0 Å². The van der Waals surface area contributed by atoms with Crippen LogP contribution in [-0.2, 0) is 21.1 Å². The van der Waals surface area contributed by atoms with E-state index in [1.54, 1.807) is 45.4 Å². The summed E-state index contributed by atoms with van der Waals surface area (Å²) >= 11 is 3.09. The van der Waals surface area contributed by atoms with Gasteiger partial charge in [0.1, 0.15) is 18.3 Å². The molecule has 0 unspecified atom stereocenters. The molecule has 10 heteroatoms. The molecule has 1 aliphatic rings. The Balaban J connectivity index is 1.04. The molecule has 0 saturated heterocycles. The normalized spacial score (nSPS) is 17.7. The number of carbonyl (C=O) groups excluding carboxylic acids is 2. The number of oxazole rings is 1. The number of hydrogen-bond acceptors (Lipinski definition) is 9. The minimum absolute atomic E-state index is 0.0908. The monoisotopic (exact) mass is 568 g/mol. The molecule has 5 rings (SSSR count). The second-order valence-electron chi connectivity index (χ2n) is 9.95. The Morgan fingerprint density at radius 3 is 2.46 bits per heavy atom. The third-order valence-electron chi connectivity index (χ3n) is 7.40. The van der Waals surface area contributed by atoms with Gasteiger partial charge in [0.15, 0.2) is 5.58 Å². The first-order valence-corrected chi connectivity index (χ1v) is 15.0. The number of benzene rings is 1. The molecule has 206 valence electrons. The summed E-state index contributed by atoms with van der Waals surface area (Å²) in [5, 5.41) is 3.93. The van der Waals surface area contributed by atoms with Gasteiger partial charge in [0.05, 0.1) is 5.52 Å². The third kappa shape index (κ3) is 6.58. The van der Waals surface area contributed by atoms with Gasteiger partial charge in [0.25, 0.3) is 0 Å². The van der Waals surface area contributed by atoms with Crippen molar-refractivity contribution in [1.82, 2.24) is 9.47 Å². The first kappa shape index (κ1) is 27.5. The van der Waals surface area contributed by atoms with Crippen molar-refractivity contribution >= 4 is 46.0 Å². The van der Waals surface area contributed by atoms with Crippen molar-refractivity contribution in [2.75, 3.05) is 13.6 Å². The van der Waals surface area contributed by atoms with Crippen LogP contribution < -0.4 is 5.76 Å². The fraction of sp³-hybridized carbons (Fsp3) is 0.414. The molecule has 39 heavy (non-hydrogen) atoms. The molecule has 0 bridgehead atoms. The molecule has 0 spiro atoms. The molecule has 0 amide bonds. The Morgan fingerprint density at radius 2 is 1.82 bits per heavy atom. The topological polar surface area (TPSA) is 91.0 Å². The van der Waals surface area contributed by atoms with Crippen molar-refractivity contribution in [2.45, 2.75) is 63.1 Å². The summed E-state index contributed by atoms with van der Waals surface area (Å²) in [6.45, 7) is 1.50. The molecule has 1 saturated carbocycles. The summed E-state index contributed by atoms with van der Waals surface area (Å²) in [4.78, 5) is 51.4. The van der Waals surface area contributed by atoms with Gasteiger partial charge in [-0.15, -0.1) is 22.7 Å². The molecule has 3 heterocycles. The van der Waals surface area contributed by atoms with Crippen LogP contribution in [0.4, 0.5) is 0 Å². The molecule has 3 aromatic heterocycles. The molecule has 0 aliphatic heterocycles. The van der Waals surface area contributed by atoms with E-state index in [-0.39, 0.29) is 12.1 Å². The van der Waals surface area contributed by atoms with Crippen molar-refractivity contribution < 1.29 is 23.8 Å². The van der Waals surface area contributed by atoms with E-state index in [4.69, 9.17) is 14.2 Å². The Kier molecular flexibility index (Phi) is 9.08. The van der Waals surface area contributed by atoms with Crippen LogP contribution in [-0.4, -0.2) is 47.5 Å². The van der Waals surface area contributed by atoms with Gasteiger partial charge in [-0.3, -0.25) is 14.2 Å². The number of hydrogen-bond donors (Lipinski definition) is 0. The Labute approximate surface area is 234 Å². The van der Waals surface area contributed by atoms with Crippen molar-refractivity contribution in [3.8, 4) is 0 Å². The average molecular weight is 569 g/mol. The van der Waals surface area contributed by atoms with Crippen molar-refractivity contribution in [3.05, 3.63) is 79.1 Å². The second-order valence-corrected chi connectivity index (χ2v) is 11.9. The predicted molar refractivity (Wildman–Crippen MR) is 151 cm³/mol. The van der Waals surface area contributed by atoms with E-state index in [1.807, 2.05) is 35.0 Å². The zero-order chi connectivity index (χ0) is 27.2. The lowest BCUT2D eigenvalue weighted by molar-refractivity contribution is -0.303. The maximum Gasteiger partial charge on any atom is 0.419 e. The van der Waals surface area contributed by atoms with E-state index >= 15 is 0 Å². The van der Waals surface area contributed by atoms with Crippen molar-refractivity contribution in [3.63, 3.8) is 0 Å². The van der Waals surface area contributed by atoms with Crippen LogP contribution in [0.25, 0.3) is 11.1 Å². The Morgan fingerprint density at radius 1 is 1.10 bits per heavy atom. The van der Waals surface area contributed by atoms with Crippen LogP contribution >= 0.6 is 22.7 Å². The molecular weight excluding hydrogens is 536 g/mol. The highest BCUT2D eigenvalue weighted by Gasteiger charge is 2.30. The maximum atomic E-state index is 12.9. The lowest BCUT2D eigenvalue weighted by Gasteiger charge is -2.34. The molecule has 8 nitrogen and oxygen atoms in total. The summed E-state index contributed by atoms with van der Waals surface area (Å²) in [6, 6.07) is 13.3. The van der Waals surface area contributed by atoms with Crippen LogP contribution in [0.5, 0.6) is 0 Å². The van der Waals surface area contributed by atoms with E-state index in [2.05, 4.69) is 11.9 Å². The number of fused-ring (bicyclic) bond motifs is 1. The Bertz CT molecular complexity index is 1380. The van der Waals surface area contributed by atoms with Gasteiger partial charge >= 0.3 is 11.7 Å². The second kappa shape index (κ2) is 12.9. The largest absolute Gasteiger partial charge is 0.419 e. The van der Waals surface area contributed by atoms with Crippen LogP contribution in [0.3, 0.4) is 0 Å². The number of aromatic nitrogens is 1. The molecule has 1 aliphatic carbocycles. The van der Waals surface area contributed by atoms with E-state index in [0.29, 0.717) is 23.7 Å². The lowest BCUT2D eigenvalue weighted by Crippen LogP contribution is -2.38. The molecule has 0 radical (unpaired) electrons. The molecule has 1 aromatic carbocycles. The first-order chi connectivity index (χ1) is 19.0. The quantitative estimate of drug-likeness (QED) is 0.0915. The Hall–Kier alpha value is -3.05. The standard InChI is InChI=1S/C29H32N2O6S2/c1-30(14-2-3-15-31-23-13-8-20(19-32)18-24(23)35-29(31)34)21-9-11-22(12-10-21)36-37-28(33)27(25-6-4-16-38-25)26-7-5-17-39-26/h4-8,13,16-19,21-22,27H,2-3,9-12,14-15H2,1H3. The predicted octanol–water partition coefficient (Wildman–Crippen LogP) is 5.86. The van der Waals surface area contributed by atoms with Gasteiger partial charge in [-0.2, -0.15) is 4.89 Å². The third-order valence-corrected chi connectivity index (χ3v) is 9.27. The van der Waals surface area contributed by atoms with Gasteiger partial charge in [-0.05, 0) is 93.2 Å². The highest BCUT2D eigenvalue weighted by molar-refractivity contribution is 7.11.